The van der Waals surface area contributed by atoms with Gasteiger partial charge in [-0.15, -0.1) is 0 Å². The molecule has 3 aromatic rings. The van der Waals surface area contributed by atoms with Crippen LogP contribution in [0.1, 0.15) is 45.9 Å². The van der Waals surface area contributed by atoms with E-state index in [2.05, 4.69) is 31.4 Å². The van der Waals surface area contributed by atoms with Gasteiger partial charge in [-0.1, -0.05) is 39.3 Å². The molecule has 1 heterocycles. The van der Waals surface area contributed by atoms with Gasteiger partial charge in [0.15, 0.2) is 24.2 Å². The van der Waals surface area contributed by atoms with E-state index in [0.717, 1.165) is 41.2 Å². The highest BCUT2D eigenvalue weighted by molar-refractivity contribution is 5.76. The molecule has 0 amide bonds. The lowest BCUT2D eigenvalue weighted by Gasteiger charge is -2.36. The molecular weight excluding hydrogens is 428 g/mol. The van der Waals surface area contributed by atoms with E-state index < -0.39 is 0 Å². The first-order valence-corrected chi connectivity index (χ1v) is 12.3. The van der Waals surface area contributed by atoms with E-state index in [0.29, 0.717) is 24.4 Å². The van der Waals surface area contributed by atoms with Gasteiger partial charge >= 0.3 is 5.97 Å². The van der Waals surface area contributed by atoms with Crippen LogP contribution in [0.2, 0.25) is 0 Å². The molecule has 1 aliphatic rings. The quantitative estimate of drug-likeness (QED) is 0.345. The summed E-state index contributed by atoms with van der Waals surface area (Å²) in [5.41, 5.74) is 2.04. The second-order valence-electron chi connectivity index (χ2n) is 9.87. The number of hydrogen-bond donors (Lipinski definition) is 0. The number of ether oxygens (including phenoxy) is 3. The highest BCUT2D eigenvalue weighted by Gasteiger charge is 2.34. The summed E-state index contributed by atoms with van der Waals surface area (Å²) < 4.78 is 21.5. The monoisotopic (exact) mass is 465 g/mol. The van der Waals surface area contributed by atoms with E-state index in [9.17, 15) is 4.79 Å². The summed E-state index contributed by atoms with van der Waals surface area (Å²) >= 11 is 0. The maximum absolute atomic E-state index is 13.2. The van der Waals surface area contributed by atoms with Crippen LogP contribution >= 0.6 is 0 Å². The molecule has 0 bridgehead atoms. The number of esters is 1. The minimum absolute atomic E-state index is 0.00849. The highest BCUT2D eigenvalue weighted by atomic mass is 16.5. The molecule has 6 heteroatoms. The number of carbonyl (C=O) groups excluding carboxylic acids is 1. The number of rotatable bonds is 8. The van der Waals surface area contributed by atoms with Crippen LogP contribution in [0.4, 0.5) is 0 Å². The average Bonchev–Trinajstić information content (AvgIpc) is 3.08. The predicted molar refractivity (Wildman–Crippen MR) is 132 cm³/mol. The van der Waals surface area contributed by atoms with Crippen LogP contribution in [0.15, 0.2) is 48.5 Å². The summed E-state index contributed by atoms with van der Waals surface area (Å²) in [6.07, 6.45) is 3.27. The first-order valence-electron chi connectivity index (χ1n) is 12.3. The van der Waals surface area contributed by atoms with Crippen LogP contribution in [-0.4, -0.2) is 23.8 Å². The van der Waals surface area contributed by atoms with Crippen molar-refractivity contribution in [2.24, 2.45) is 24.8 Å². The Morgan fingerprint density at radius 2 is 1.79 bits per heavy atom. The van der Waals surface area contributed by atoms with E-state index in [1.54, 1.807) is 7.11 Å². The number of benzene rings is 2. The summed E-state index contributed by atoms with van der Waals surface area (Å²) in [4.78, 5) is 13.2. The van der Waals surface area contributed by atoms with Crippen molar-refractivity contribution in [3.63, 3.8) is 0 Å². The van der Waals surface area contributed by atoms with Gasteiger partial charge in [0.2, 0.25) is 0 Å². The first-order chi connectivity index (χ1) is 16.4. The van der Waals surface area contributed by atoms with Crippen molar-refractivity contribution >= 4 is 17.0 Å². The second kappa shape index (κ2) is 10.5. The molecule has 2 aromatic carbocycles. The lowest BCUT2D eigenvalue weighted by molar-refractivity contribution is -0.655. The third-order valence-corrected chi connectivity index (χ3v) is 7.19. The normalized spacial score (nSPS) is 20.5. The van der Waals surface area contributed by atoms with Crippen LogP contribution in [-0.2, 0) is 29.7 Å². The summed E-state index contributed by atoms with van der Waals surface area (Å²) in [7, 11) is 3.65. The lowest BCUT2D eigenvalue weighted by Crippen LogP contribution is -2.37. The SMILES string of the molecule is COc1ccc(OCc2n(CC(=O)O[C@@H]3C[C@H](C)CC[C@H]3C(C)C)c3ccccc3[n+]2C)cc1. The molecule has 34 heavy (non-hydrogen) atoms. The number of para-hydroxylation sites is 2. The molecule has 1 aliphatic carbocycles. The molecule has 4 rings (SSSR count). The molecule has 1 saturated carbocycles. The zero-order valence-corrected chi connectivity index (χ0v) is 21.0. The maximum Gasteiger partial charge on any atom is 0.348 e. The summed E-state index contributed by atoms with van der Waals surface area (Å²) in [6, 6.07) is 15.6. The van der Waals surface area contributed by atoms with Gasteiger partial charge in [0, 0.05) is 0 Å². The number of aromatic nitrogens is 2. The number of imidazole rings is 1. The van der Waals surface area contributed by atoms with E-state index in [1.165, 1.54) is 6.42 Å². The van der Waals surface area contributed by atoms with Crippen molar-refractivity contribution in [2.45, 2.75) is 59.3 Å². The molecule has 0 spiro atoms. The highest BCUT2D eigenvalue weighted by Crippen LogP contribution is 2.35. The van der Waals surface area contributed by atoms with Gasteiger partial charge in [-0.05, 0) is 67.0 Å². The van der Waals surface area contributed by atoms with E-state index in [1.807, 2.05) is 54.1 Å². The summed E-state index contributed by atoms with van der Waals surface area (Å²) in [5.74, 6) is 3.77. The zero-order chi connectivity index (χ0) is 24.2. The van der Waals surface area contributed by atoms with Gasteiger partial charge < -0.3 is 14.2 Å². The second-order valence-corrected chi connectivity index (χ2v) is 9.87. The van der Waals surface area contributed by atoms with Crippen LogP contribution in [0, 0.1) is 17.8 Å². The largest absolute Gasteiger partial charge is 0.497 e. The summed E-state index contributed by atoms with van der Waals surface area (Å²) in [6.45, 7) is 7.22. The van der Waals surface area contributed by atoms with Gasteiger partial charge in [0.1, 0.15) is 17.6 Å². The summed E-state index contributed by atoms with van der Waals surface area (Å²) in [5, 5.41) is 0. The minimum atomic E-state index is -0.184. The van der Waals surface area contributed by atoms with Crippen molar-refractivity contribution in [3.8, 4) is 11.5 Å². The Morgan fingerprint density at radius 3 is 2.50 bits per heavy atom. The standard InChI is InChI=1S/C28H37N2O4/c1-19(2)23-15-10-20(3)16-26(23)34-28(31)17-30-25-9-7-6-8-24(25)29(4)27(30)18-33-22-13-11-21(32-5)12-14-22/h6-9,11-14,19-20,23,26H,10,15-18H2,1-5H3/q+1/t20-,23+,26-/m1/s1. The molecule has 3 atom stereocenters. The zero-order valence-electron chi connectivity index (χ0n) is 21.0. The number of aryl methyl sites for hydroxylation is 1. The smallest absolute Gasteiger partial charge is 0.348 e. The fraction of sp³-hybridized carbons (Fsp3) is 0.500. The third-order valence-electron chi connectivity index (χ3n) is 7.19. The Kier molecular flexibility index (Phi) is 7.44. The molecule has 0 aliphatic heterocycles. The van der Waals surface area contributed by atoms with E-state index in [-0.39, 0.29) is 18.6 Å². The molecule has 1 aromatic heterocycles. The van der Waals surface area contributed by atoms with Crippen molar-refractivity contribution in [3.05, 3.63) is 54.4 Å². The number of methoxy groups -OCH3 is 1. The fourth-order valence-corrected chi connectivity index (χ4v) is 5.19. The van der Waals surface area contributed by atoms with Crippen LogP contribution < -0.4 is 14.0 Å². The molecular formula is C28H37N2O4+. The van der Waals surface area contributed by atoms with Gasteiger partial charge in [0.05, 0.1) is 14.2 Å². The Hall–Kier alpha value is -3.02. The average molecular weight is 466 g/mol. The van der Waals surface area contributed by atoms with E-state index in [4.69, 9.17) is 14.2 Å². The van der Waals surface area contributed by atoms with Crippen LogP contribution in [0.3, 0.4) is 0 Å². The van der Waals surface area contributed by atoms with Gasteiger partial charge in [-0.3, -0.25) is 0 Å². The van der Waals surface area contributed by atoms with Crippen molar-refractivity contribution in [1.29, 1.82) is 0 Å². The number of hydrogen-bond acceptors (Lipinski definition) is 4. The van der Waals surface area contributed by atoms with E-state index >= 15 is 0 Å². The number of carbonyl (C=O) groups is 1. The van der Waals surface area contributed by atoms with Crippen molar-refractivity contribution in [1.82, 2.24) is 4.57 Å². The number of fused-ring (bicyclic) bond motifs is 1. The van der Waals surface area contributed by atoms with Gasteiger partial charge in [0.25, 0.3) is 5.82 Å². The molecule has 0 saturated heterocycles. The lowest BCUT2D eigenvalue weighted by atomic mass is 9.75. The van der Waals surface area contributed by atoms with Crippen LogP contribution in [0.5, 0.6) is 11.5 Å². The minimum Gasteiger partial charge on any atom is -0.497 e. The Balaban J connectivity index is 1.55. The first kappa shape index (κ1) is 24.1. The molecule has 1 fully saturated rings. The molecule has 0 radical (unpaired) electrons. The van der Waals surface area contributed by atoms with Gasteiger partial charge in [-0.25, -0.2) is 13.9 Å². The fourth-order valence-electron chi connectivity index (χ4n) is 5.19. The molecule has 6 nitrogen and oxygen atoms in total. The van der Waals surface area contributed by atoms with Crippen molar-refractivity contribution < 1.29 is 23.6 Å². The topological polar surface area (TPSA) is 53.6 Å². The number of nitrogens with zero attached hydrogens (tertiary/aromatic N) is 2. The molecule has 0 N–H and O–H groups in total. The van der Waals surface area contributed by atoms with Crippen molar-refractivity contribution in [2.75, 3.05) is 7.11 Å². The van der Waals surface area contributed by atoms with Crippen LogP contribution in [0.25, 0.3) is 11.0 Å². The Bertz CT molecular complexity index is 1120. The molecule has 182 valence electrons. The Labute approximate surface area is 202 Å². The molecule has 0 unspecified atom stereocenters. The third kappa shape index (κ3) is 5.21. The Morgan fingerprint density at radius 1 is 1.09 bits per heavy atom. The maximum atomic E-state index is 13.2. The predicted octanol–water partition coefficient (Wildman–Crippen LogP) is 5.06. The van der Waals surface area contributed by atoms with Gasteiger partial charge in [-0.2, -0.15) is 0 Å².